The Kier molecular flexibility index (Phi) is 13.2. The Morgan fingerprint density at radius 1 is 1.03 bits per heavy atom. The summed E-state index contributed by atoms with van der Waals surface area (Å²) in [4.78, 5) is 8.26. The van der Waals surface area contributed by atoms with Crippen molar-refractivity contribution in [2.24, 2.45) is 4.99 Å². The van der Waals surface area contributed by atoms with Crippen molar-refractivity contribution >= 4 is 24.6 Å². The number of pyridine rings is 1. The minimum atomic E-state index is -4.37. The third-order valence-electron chi connectivity index (χ3n) is 5.52. The van der Waals surface area contributed by atoms with Crippen LogP contribution >= 0.6 is 0 Å². The van der Waals surface area contributed by atoms with Crippen LogP contribution in [0.25, 0.3) is 0 Å². The number of ether oxygens (including phenoxy) is 1. The van der Waals surface area contributed by atoms with Crippen molar-refractivity contribution in [1.29, 1.82) is 0 Å². The van der Waals surface area contributed by atoms with Gasteiger partial charge in [-0.1, -0.05) is 0 Å². The van der Waals surface area contributed by atoms with E-state index in [9.17, 15) is 13.2 Å². The zero-order valence-corrected chi connectivity index (χ0v) is 22.0. The van der Waals surface area contributed by atoms with Gasteiger partial charge in [0.25, 0.3) is 0 Å². The minimum absolute atomic E-state index is 0.0402. The first kappa shape index (κ1) is 27.4. The molecule has 1 atom stereocenters. The molecule has 0 radical (unpaired) electrons. The summed E-state index contributed by atoms with van der Waals surface area (Å²) in [6.07, 6.45) is 5.72. The number of nitrogens with zero attached hydrogens (tertiary/aromatic N) is 2. The predicted molar refractivity (Wildman–Crippen MR) is 122 cm³/mol. The van der Waals surface area contributed by atoms with Crippen LogP contribution in [0.2, 0.25) is 13.3 Å². The van der Waals surface area contributed by atoms with Gasteiger partial charge in [0, 0.05) is 0 Å². The monoisotopic (exact) mass is 536 g/mol. The molecule has 0 saturated carbocycles. The molecule has 1 rings (SSSR count). The Morgan fingerprint density at radius 2 is 1.60 bits per heavy atom. The van der Waals surface area contributed by atoms with Crippen molar-refractivity contribution in [2.75, 3.05) is 11.2 Å². The van der Waals surface area contributed by atoms with Gasteiger partial charge in [-0.3, -0.25) is 0 Å². The van der Waals surface area contributed by atoms with Gasteiger partial charge in [-0.25, -0.2) is 0 Å². The summed E-state index contributed by atoms with van der Waals surface area (Å²) in [6.45, 7) is 9.33. The van der Waals surface area contributed by atoms with Crippen LogP contribution in [0.5, 0.6) is 0 Å². The molecule has 7 heteroatoms. The fourth-order valence-corrected chi connectivity index (χ4v) is 18.0. The predicted octanol–water partition coefficient (Wildman–Crippen LogP) is 7.31. The van der Waals surface area contributed by atoms with Crippen LogP contribution in [0, 0.1) is 0 Å². The van der Waals surface area contributed by atoms with Crippen molar-refractivity contribution in [2.45, 2.75) is 91.7 Å². The van der Waals surface area contributed by atoms with Crippen molar-refractivity contribution < 1.29 is 17.9 Å². The van der Waals surface area contributed by atoms with Crippen LogP contribution in [0.4, 0.5) is 13.2 Å². The van der Waals surface area contributed by atoms with E-state index in [1.54, 1.807) is 0 Å². The average Bonchev–Trinajstić information content (AvgIpc) is 2.72. The molecule has 0 aliphatic heterocycles. The first-order valence-electron chi connectivity index (χ1n) is 11.4. The van der Waals surface area contributed by atoms with Gasteiger partial charge < -0.3 is 0 Å². The maximum absolute atomic E-state index is 12.6. The van der Waals surface area contributed by atoms with E-state index < -0.39 is 30.1 Å². The fourth-order valence-electron chi connectivity index (χ4n) is 3.59. The molecule has 0 N–H and O–H groups in total. The summed E-state index contributed by atoms with van der Waals surface area (Å²) >= 11 is -2.29. The Balaban J connectivity index is 2.62. The molecular weight excluding hydrogens is 496 g/mol. The van der Waals surface area contributed by atoms with Crippen LogP contribution in [0.15, 0.2) is 23.3 Å². The molecule has 0 saturated heterocycles. The van der Waals surface area contributed by atoms with Crippen molar-refractivity contribution in [3.63, 3.8) is 0 Å². The van der Waals surface area contributed by atoms with E-state index in [0.29, 0.717) is 12.3 Å². The van der Waals surface area contributed by atoms with Crippen molar-refractivity contribution in [3.05, 3.63) is 29.6 Å². The molecule has 0 spiro atoms. The molecule has 0 amide bonds. The van der Waals surface area contributed by atoms with Crippen LogP contribution in [0.1, 0.15) is 77.5 Å². The topological polar surface area (TPSA) is 34.5 Å². The molecule has 1 heterocycles. The number of hydrogen-bond donors (Lipinski definition) is 0. The number of aliphatic imine (C=N–C) groups is 1. The van der Waals surface area contributed by atoms with Crippen LogP contribution in [-0.2, 0) is 10.9 Å². The molecule has 0 fully saturated rings. The quantitative estimate of drug-likeness (QED) is 0.174. The third-order valence-corrected chi connectivity index (χ3v) is 20.0. The first-order valence-corrected chi connectivity index (χ1v) is 19.5. The standard InChI is InChI=1S/C11H12F3N2O.3C4H9.Sn/c1-8(7-17-2)15-6-10-4-3-9(5-16-10)11(12,13)14;3*1-3-4-2;/h3-6,8H,2,7H2,1H3;3*1,3-4H2,2H3;/b15-6+;;;;/t8-;;;;/m1..../s1. The van der Waals surface area contributed by atoms with E-state index in [2.05, 4.69) is 30.7 Å². The van der Waals surface area contributed by atoms with Crippen LogP contribution in [0.3, 0.4) is 0 Å². The van der Waals surface area contributed by atoms with Gasteiger partial charge in [0.1, 0.15) is 0 Å². The molecule has 1 aromatic rings. The molecule has 172 valence electrons. The number of unbranched alkanes of at least 4 members (excludes halogenated alkanes) is 3. The summed E-state index contributed by atoms with van der Waals surface area (Å²) in [7, 11) is 0. The van der Waals surface area contributed by atoms with E-state index >= 15 is 0 Å². The number of hydrogen-bond acceptors (Lipinski definition) is 3. The van der Waals surface area contributed by atoms with Crippen molar-refractivity contribution in [3.8, 4) is 0 Å². The number of aromatic nitrogens is 1. The summed E-state index contributed by atoms with van der Waals surface area (Å²) in [6, 6.07) is 2.34. The van der Waals surface area contributed by atoms with Crippen LogP contribution < -0.4 is 0 Å². The zero-order valence-electron chi connectivity index (χ0n) is 19.1. The Hall–Kier alpha value is -0.631. The second-order valence-corrected chi connectivity index (χ2v) is 22.1. The molecule has 1 aromatic heterocycles. The van der Waals surface area contributed by atoms with E-state index in [1.807, 2.05) is 6.92 Å². The molecule has 0 bridgehead atoms. The SMILES string of the molecule is CCC[CH2][Sn]([CH2]CCC)([CH2]CCC)[CH2]OC[C@@H](C)/N=C/c1ccc(C(F)(F)F)cn1. The molecule has 3 nitrogen and oxygen atoms in total. The van der Waals surface area contributed by atoms with Gasteiger partial charge in [-0.2, -0.15) is 0 Å². The Morgan fingerprint density at radius 3 is 2.03 bits per heavy atom. The summed E-state index contributed by atoms with van der Waals surface area (Å²) in [5.74, 6) is 0. The second kappa shape index (κ2) is 14.4. The molecule has 0 aliphatic rings. The van der Waals surface area contributed by atoms with Gasteiger partial charge in [-0.15, -0.1) is 0 Å². The van der Waals surface area contributed by atoms with Gasteiger partial charge in [-0.05, 0) is 0 Å². The van der Waals surface area contributed by atoms with E-state index in [-0.39, 0.29) is 6.04 Å². The normalized spacial score (nSPS) is 13.8. The van der Waals surface area contributed by atoms with Gasteiger partial charge >= 0.3 is 185 Å². The van der Waals surface area contributed by atoms with Gasteiger partial charge in [0.05, 0.1) is 0 Å². The molecule has 0 unspecified atom stereocenters. The second-order valence-electron chi connectivity index (χ2n) is 8.42. The molecular formula is C23H39F3N2OSn. The van der Waals surface area contributed by atoms with E-state index in [0.717, 1.165) is 16.9 Å². The average molecular weight is 535 g/mol. The number of halogens is 3. The van der Waals surface area contributed by atoms with Crippen molar-refractivity contribution in [1.82, 2.24) is 4.98 Å². The summed E-state index contributed by atoms with van der Waals surface area (Å²) in [5, 5.41) is 0. The molecule has 0 aliphatic carbocycles. The third kappa shape index (κ3) is 10.6. The number of alkyl halides is 3. The van der Waals surface area contributed by atoms with Gasteiger partial charge in [0.2, 0.25) is 0 Å². The Bertz CT molecular complexity index is 584. The van der Waals surface area contributed by atoms with E-state index in [4.69, 9.17) is 4.74 Å². The zero-order chi connectivity index (χ0) is 22.5. The van der Waals surface area contributed by atoms with E-state index in [1.165, 1.54) is 64.1 Å². The Labute approximate surface area is 184 Å². The number of rotatable bonds is 15. The summed E-state index contributed by atoms with van der Waals surface area (Å²) < 4.78 is 49.3. The van der Waals surface area contributed by atoms with Gasteiger partial charge in [0.15, 0.2) is 0 Å². The van der Waals surface area contributed by atoms with Crippen LogP contribution in [-0.4, -0.2) is 46.8 Å². The molecule has 30 heavy (non-hydrogen) atoms. The molecule has 0 aromatic carbocycles. The summed E-state index contributed by atoms with van der Waals surface area (Å²) in [5.41, 5.74) is -0.316. The maximum atomic E-state index is 12.6. The first-order chi connectivity index (χ1) is 14.3. The fraction of sp³-hybridized carbons (Fsp3) is 0.739.